The summed E-state index contributed by atoms with van der Waals surface area (Å²) in [7, 11) is 0. The molecule has 1 aliphatic rings. The van der Waals surface area contributed by atoms with Crippen LogP contribution in [0.15, 0.2) is 12.1 Å². The van der Waals surface area contributed by atoms with Crippen LogP contribution in [0.4, 0.5) is 5.69 Å². The molecule has 6 heteroatoms. The van der Waals surface area contributed by atoms with E-state index in [1.165, 1.54) is 0 Å². The van der Waals surface area contributed by atoms with Gasteiger partial charge in [-0.05, 0) is 25.1 Å². The van der Waals surface area contributed by atoms with Crippen LogP contribution >= 0.6 is 0 Å². The van der Waals surface area contributed by atoms with E-state index in [0.717, 1.165) is 36.3 Å². The van der Waals surface area contributed by atoms with E-state index in [1.807, 2.05) is 17.0 Å². The summed E-state index contributed by atoms with van der Waals surface area (Å²) in [5.74, 6) is 0.495. The van der Waals surface area contributed by atoms with Crippen LogP contribution in [0.1, 0.15) is 30.9 Å². The van der Waals surface area contributed by atoms with Gasteiger partial charge in [-0.15, -0.1) is 0 Å². The third-order valence-electron chi connectivity index (χ3n) is 3.41. The van der Waals surface area contributed by atoms with Gasteiger partial charge in [0, 0.05) is 23.4 Å². The predicted octanol–water partition coefficient (Wildman–Crippen LogP) is 1.22. The molecule has 6 nitrogen and oxygen atoms in total. The second kappa shape index (κ2) is 7.28. The van der Waals surface area contributed by atoms with Gasteiger partial charge in [0.05, 0.1) is 13.2 Å². The molecule has 0 unspecified atom stereocenters. The second-order valence-corrected chi connectivity index (χ2v) is 5.31. The number of rotatable bonds is 7. The maximum atomic E-state index is 11.2. The third kappa shape index (κ3) is 4.34. The number of ether oxygens (including phenoxy) is 2. The average Bonchev–Trinajstić information content (AvgIpc) is 2.44. The largest absolute Gasteiger partial charge is 0.467 e. The lowest BCUT2D eigenvalue weighted by Crippen LogP contribution is -2.34. The number of amides is 1. The van der Waals surface area contributed by atoms with Gasteiger partial charge in [0.2, 0.25) is 5.91 Å². The van der Waals surface area contributed by atoms with E-state index in [1.54, 1.807) is 0 Å². The minimum absolute atomic E-state index is 0.236. The monoisotopic (exact) mass is 293 g/mol. The van der Waals surface area contributed by atoms with Gasteiger partial charge in [0.15, 0.2) is 6.79 Å². The lowest BCUT2D eigenvalue weighted by atomic mass is 10.1. The number of anilines is 1. The first-order valence-electron chi connectivity index (χ1n) is 7.22. The zero-order valence-electron chi connectivity index (χ0n) is 12.4. The van der Waals surface area contributed by atoms with Crippen LogP contribution in [-0.2, 0) is 22.7 Å². The maximum Gasteiger partial charge on any atom is 0.231 e. The Hall–Kier alpha value is -1.79. The Bertz CT molecular complexity index is 505. The van der Waals surface area contributed by atoms with E-state index in [0.29, 0.717) is 18.8 Å². The number of nitrogens with two attached hydrogens (primary N) is 2. The summed E-state index contributed by atoms with van der Waals surface area (Å²) >= 11 is 0. The molecule has 116 valence electrons. The number of hydrogen-bond donors (Lipinski definition) is 2. The van der Waals surface area contributed by atoms with E-state index in [4.69, 9.17) is 20.9 Å². The molecule has 0 radical (unpaired) electrons. The summed E-state index contributed by atoms with van der Waals surface area (Å²) < 4.78 is 10.9. The van der Waals surface area contributed by atoms with Crippen LogP contribution in [0.5, 0.6) is 5.75 Å². The minimum Gasteiger partial charge on any atom is -0.467 e. The van der Waals surface area contributed by atoms with Crippen molar-refractivity contribution in [1.29, 1.82) is 0 Å². The van der Waals surface area contributed by atoms with Gasteiger partial charge in [-0.25, -0.2) is 0 Å². The molecule has 4 N–H and O–H groups in total. The topological polar surface area (TPSA) is 90.8 Å². The third-order valence-corrected chi connectivity index (χ3v) is 3.41. The summed E-state index contributed by atoms with van der Waals surface area (Å²) in [6.45, 7) is 4.51. The molecule has 2 rings (SSSR count). The first-order chi connectivity index (χ1) is 10.1. The number of unbranched alkanes of at least 4 members (excludes halogenated alkanes) is 1. The molecule has 21 heavy (non-hydrogen) atoms. The van der Waals surface area contributed by atoms with Crippen LogP contribution in [0.3, 0.4) is 0 Å². The number of primary amides is 1. The molecule has 0 saturated heterocycles. The molecule has 0 fully saturated rings. The predicted molar refractivity (Wildman–Crippen MR) is 80.5 cm³/mol. The summed E-state index contributed by atoms with van der Waals surface area (Å²) in [6.07, 6.45) is 2.08. The zero-order valence-corrected chi connectivity index (χ0v) is 12.4. The van der Waals surface area contributed by atoms with Crippen molar-refractivity contribution in [2.24, 2.45) is 5.73 Å². The molecule has 1 amide bonds. The highest BCUT2D eigenvalue weighted by Crippen LogP contribution is 2.31. The Balaban J connectivity index is 2.18. The van der Waals surface area contributed by atoms with Gasteiger partial charge < -0.3 is 20.9 Å². The van der Waals surface area contributed by atoms with Crippen molar-refractivity contribution in [2.75, 3.05) is 25.6 Å². The van der Waals surface area contributed by atoms with Crippen molar-refractivity contribution in [3.63, 3.8) is 0 Å². The number of fused-ring (bicyclic) bond motifs is 1. The number of nitrogen functional groups attached to an aromatic ring is 1. The molecule has 1 aliphatic heterocycles. The van der Waals surface area contributed by atoms with Crippen molar-refractivity contribution in [3.8, 4) is 5.75 Å². The molecule has 1 heterocycles. The standard InChI is InChI=1S/C15H23N3O3/c1-2-3-4-18(8-14(17)19)7-11-5-13(16)6-12-9-20-10-21-15(11)12/h5-6H,2-4,7-10,16H2,1H3,(H2,17,19). The average molecular weight is 293 g/mol. The van der Waals surface area contributed by atoms with Crippen molar-refractivity contribution in [2.45, 2.75) is 32.9 Å². The smallest absolute Gasteiger partial charge is 0.231 e. The fourth-order valence-corrected chi connectivity index (χ4v) is 2.50. The van der Waals surface area contributed by atoms with Gasteiger partial charge in [0.25, 0.3) is 0 Å². The zero-order chi connectivity index (χ0) is 15.2. The number of carbonyl (C=O) groups is 1. The van der Waals surface area contributed by atoms with Crippen LogP contribution in [0.2, 0.25) is 0 Å². The second-order valence-electron chi connectivity index (χ2n) is 5.31. The number of hydrogen-bond acceptors (Lipinski definition) is 5. The van der Waals surface area contributed by atoms with E-state index < -0.39 is 0 Å². The normalized spacial score (nSPS) is 13.8. The Labute approximate surface area is 125 Å². The summed E-state index contributed by atoms with van der Waals surface area (Å²) in [6, 6.07) is 3.76. The lowest BCUT2D eigenvalue weighted by molar-refractivity contribution is -0.119. The fourth-order valence-electron chi connectivity index (χ4n) is 2.50. The molecule has 0 atom stereocenters. The van der Waals surface area contributed by atoms with E-state index in [9.17, 15) is 4.79 Å². The van der Waals surface area contributed by atoms with Gasteiger partial charge in [0.1, 0.15) is 5.75 Å². The quantitative estimate of drug-likeness (QED) is 0.738. The molecule has 1 aromatic rings. The highest BCUT2D eigenvalue weighted by molar-refractivity contribution is 5.75. The van der Waals surface area contributed by atoms with Crippen molar-refractivity contribution < 1.29 is 14.3 Å². The van der Waals surface area contributed by atoms with Crippen LogP contribution in [0.25, 0.3) is 0 Å². The van der Waals surface area contributed by atoms with Crippen LogP contribution in [-0.4, -0.2) is 30.7 Å². The summed E-state index contributed by atoms with van der Waals surface area (Å²) in [5, 5.41) is 0. The molecular formula is C15H23N3O3. The van der Waals surface area contributed by atoms with Crippen molar-refractivity contribution >= 4 is 11.6 Å². The van der Waals surface area contributed by atoms with Gasteiger partial charge in [-0.1, -0.05) is 13.3 Å². The van der Waals surface area contributed by atoms with E-state index in [2.05, 4.69) is 6.92 Å². The van der Waals surface area contributed by atoms with E-state index in [-0.39, 0.29) is 19.2 Å². The molecule has 1 aromatic carbocycles. The Morgan fingerprint density at radius 1 is 1.43 bits per heavy atom. The molecule has 0 bridgehead atoms. The highest BCUT2D eigenvalue weighted by Gasteiger charge is 2.18. The van der Waals surface area contributed by atoms with Crippen molar-refractivity contribution in [1.82, 2.24) is 4.90 Å². The number of carbonyl (C=O) groups excluding carboxylic acids is 1. The Morgan fingerprint density at radius 3 is 2.95 bits per heavy atom. The van der Waals surface area contributed by atoms with Crippen molar-refractivity contribution in [3.05, 3.63) is 23.3 Å². The lowest BCUT2D eigenvalue weighted by Gasteiger charge is -2.25. The minimum atomic E-state index is -0.326. The first kappa shape index (κ1) is 15.6. The van der Waals surface area contributed by atoms with Gasteiger partial charge in [-0.2, -0.15) is 0 Å². The number of nitrogens with zero attached hydrogens (tertiary/aromatic N) is 1. The molecule has 0 saturated carbocycles. The Morgan fingerprint density at radius 2 is 2.24 bits per heavy atom. The fraction of sp³-hybridized carbons (Fsp3) is 0.533. The number of benzene rings is 1. The first-order valence-corrected chi connectivity index (χ1v) is 7.22. The van der Waals surface area contributed by atoms with Crippen LogP contribution in [0, 0.1) is 0 Å². The molecule has 0 aromatic heterocycles. The maximum absolute atomic E-state index is 11.2. The SMILES string of the molecule is CCCCN(CC(N)=O)Cc1cc(N)cc2c1OCOC2. The van der Waals surface area contributed by atoms with Crippen LogP contribution < -0.4 is 16.2 Å². The van der Waals surface area contributed by atoms with Gasteiger partial charge >= 0.3 is 0 Å². The molecule has 0 aliphatic carbocycles. The summed E-state index contributed by atoms with van der Waals surface area (Å²) in [4.78, 5) is 13.3. The molecular weight excluding hydrogens is 270 g/mol. The highest BCUT2D eigenvalue weighted by atomic mass is 16.7. The molecule has 0 spiro atoms. The summed E-state index contributed by atoms with van der Waals surface area (Å²) in [5.41, 5.74) is 13.9. The van der Waals surface area contributed by atoms with E-state index >= 15 is 0 Å². The van der Waals surface area contributed by atoms with Gasteiger partial charge in [-0.3, -0.25) is 9.69 Å². The Kier molecular flexibility index (Phi) is 5.41.